The minimum absolute atomic E-state index is 0.0922. The van der Waals surface area contributed by atoms with Gasteiger partial charge in [-0.05, 0) is 17.4 Å². The standard InChI is InChI=1S/C14H14F2N2O2S/c1-8(2)13(12-4-3-5-21-12)17-11-7-9(15)6-10(16)14(11)18(19)20/h3-8,13,17H,1-2H3. The molecular formula is C14H14F2N2O2S. The Kier molecular flexibility index (Phi) is 4.52. The van der Waals surface area contributed by atoms with Crippen LogP contribution in [0.25, 0.3) is 0 Å². The van der Waals surface area contributed by atoms with Crippen LogP contribution in [0.3, 0.4) is 0 Å². The van der Waals surface area contributed by atoms with E-state index in [9.17, 15) is 18.9 Å². The molecule has 1 unspecified atom stereocenters. The molecule has 21 heavy (non-hydrogen) atoms. The predicted molar refractivity (Wildman–Crippen MR) is 78.5 cm³/mol. The Morgan fingerprint density at radius 1 is 1.33 bits per heavy atom. The number of benzene rings is 1. The summed E-state index contributed by atoms with van der Waals surface area (Å²) in [7, 11) is 0. The summed E-state index contributed by atoms with van der Waals surface area (Å²) in [5.41, 5.74) is -0.886. The first-order valence-corrected chi connectivity index (χ1v) is 7.21. The van der Waals surface area contributed by atoms with Crippen molar-refractivity contribution in [2.75, 3.05) is 5.32 Å². The molecule has 0 bridgehead atoms. The Bertz CT molecular complexity index is 645. The van der Waals surface area contributed by atoms with Crippen molar-refractivity contribution in [1.82, 2.24) is 0 Å². The highest BCUT2D eigenvalue weighted by atomic mass is 32.1. The SMILES string of the molecule is CC(C)C(Nc1cc(F)cc(F)c1[N+](=O)[O-])c1cccs1. The van der Waals surface area contributed by atoms with Gasteiger partial charge in [-0.1, -0.05) is 19.9 Å². The van der Waals surface area contributed by atoms with Crippen molar-refractivity contribution in [3.63, 3.8) is 0 Å². The molecule has 0 spiro atoms. The third-order valence-electron chi connectivity index (χ3n) is 3.04. The average molecular weight is 312 g/mol. The molecule has 0 saturated carbocycles. The summed E-state index contributed by atoms with van der Waals surface area (Å²) < 4.78 is 27.0. The zero-order valence-electron chi connectivity index (χ0n) is 11.5. The van der Waals surface area contributed by atoms with Gasteiger partial charge < -0.3 is 5.32 Å². The van der Waals surface area contributed by atoms with Crippen molar-refractivity contribution >= 4 is 22.7 Å². The lowest BCUT2D eigenvalue weighted by molar-refractivity contribution is -0.386. The number of nitrogens with zero attached hydrogens (tertiary/aromatic N) is 1. The molecule has 112 valence electrons. The number of thiophene rings is 1. The lowest BCUT2D eigenvalue weighted by atomic mass is 10.0. The number of halogens is 2. The first kappa shape index (κ1) is 15.4. The van der Waals surface area contributed by atoms with Crippen LogP contribution in [0.4, 0.5) is 20.2 Å². The third kappa shape index (κ3) is 3.36. The van der Waals surface area contributed by atoms with Crippen LogP contribution in [0.5, 0.6) is 0 Å². The molecule has 4 nitrogen and oxygen atoms in total. The van der Waals surface area contributed by atoms with Crippen LogP contribution < -0.4 is 5.32 Å². The highest BCUT2D eigenvalue weighted by Gasteiger charge is 2.26. The number of hydrogen-bond donors (Lipinski definition) is 1. The Morgan fingerprint density at radius 3 is 2.57 bits per heavy atom. The van der Waals surface area contributed by atoms with Crippen LogP contribution >= 0.6 is 11.3 Å². The molecule has 1 aromatic carbocycles. The molecule has 1 N–H and O–H groups in total. The monoisotopic (exact) mass is 312 g/mol. The van der Waals surface area contributed by atoms with Gasteiger partial charge in [-0.25, -0.2) is 4.39 Å². The number of hydrogen-bond acceptors (Lipinski definition) is 4. The van der Waals surface area contributed by atoms with Gasteiger partial charge in [-0.3, -0.25) is 10.1 Å². The minimum atomic E-state index is -1.18. The molecule has 0 aliphatic rings. The van der Waals surface area contributed by atoms with E-state index in [0.717, 1.165) is 10.9 Å². The van der Waals surface area contributed by atoms with E-state index in [-0.39, 0.29) is 17.6 Å². The molecule has 0 radical (unpaired) electrons. The average Bonchev–Trinajstić information content (AvgIpc) is 2.87. The van der Waals surface area contributed by atoms with E-state index < -0.39 is 22.2 Å². The first-order chi connectivity index (χ1) is 9.90. The van der Waals surface area contributed by atoms with Crippen molar-refractivity contribution < 1.29 is 13.7 Å². The zero-order chi connectivity index (χ0) is 15.6. The Balaban J connectivity index is 2.44. The van der Waals surface area contributed by atoms with E-state index in [1.165, 1.54) is 11.3 Å². The molecule has 0 aliphatic heterocycles. The zero-order valence-corrected chi connectivity index (χ0v) is 12.3. The first-order valence-electron chi connectivity index (χ1n) is 6.33. The van der Waals surface area contributed by atoms with E-state index >= 15 is 0 Å². The fourth-order valence-electron chi connectivity index (χ4n) is 2.06. The summed E-state index contributed by atoms with van der Waals surface area (Å²) in [4.78, 5) is 11.1. The predicted octanol–water partition coefficient (Wildman–Crippen LogP) is 4.74. The van der Waals surface area contributed by atoms with Crippen molar-refractivity contribution in [2.45, 2.75) is 19.9 Å². The molecule has 0 amide bonds. The maximum Gasteiger partial charge on any atom is 0.327 e. The Morgan fingerprint density at radius 2 is 2.05 bits per heavy atom. The van der Waals surface area contributed by atoms with Gasteiger partial charge in [0, 0.05) is 17.0 Å². The van der Waals surface area contributed by atoms with Crippen LogP contribution in [0.15, 0.2) is 29.6 Å². The summed E-state index contributed by atoms with van der Waals surface area (Å²) in [5, 5.41) is 15.8. The highest BCUT2D eigenvalue weighted by Crippen LogP contribution is 2.35. The molecule has 0 aliphatic carbocycles. The molecule has 1 heterocycles. The van der Waals surface area contributed by atoms with E-state index in [2.05, 4.69) is 5.32 Å². The summed E-state index contributed by atoms with van der Waals surface area (Å²) in [6, 6.07) is 4.94. The summed E-state index contributed by atoms with van der Waals surface area (Å²) in [6.07, 6.45) is 0. The fraction of sp³-hybridized carbons (Fsp3) is 0.286. The van der Waals surface area contributed by atoms with Gasteiger partial charge in [0.15, 0.2) is 0 Å². The number of anilines is 1. The van der Waals surface area contributed by atoms with Crippen molar-refractivity contribution in [3.05, 3.63) is 56.3 Å². The Labute approximate surface area is 124 Å². The lowest BCUT2D eigenvalue weighted by Crippen LogP contribution is -2.17. The normalized spacial score (nSPS) is 12.4. The number of nitro benzene ring substituents is 1. The van der Waals surface area contributed by atoms with Gasteiger partial charge in [-0.15, -0.1) is 11.3 Å². The molecule has 1 atom stereocenters. The van der Waals surface area contributed by atoms with Crippen LogP contribution in [0.1, 0.15) is 24.8 Å². The van der Waals surface area contributed by atoms with Gasteiger partial charge in [0.2, 0.25) is 5.82 Å². The van der Waals surface area contributed by atoms with Gasteiger partial charge in [0.25, 0.3) is 0 Å². The van der Waals surface area contributed by atoms with Crippen molar-refractivity contribution in [3.8, 4) is 0 Å². The smallest absolute Gasteiger partial charge is 0.327 e. The molecule has 1 aromatic heterocycles. The number of nitro groups is 1. The molecule has 0 saturated heterocycles. The molecule has 7 heteroatoms. The van der Waals surface area contributed by atoms with Gasteiger partial charge in [0.05, 0.1) is 11.0 Å². The van der Waals surface area contributed by atoms with Crippen molar-refractivity contribution in [2.24, 2.45) is 5.92 Å². The largest absolute Gasteiger partial charge is 0.371 e. The van der Waals surface area contributed by atoms with Crippen LogP contribution in [0, 0.1) is 27.7 Å². The lowest BCUT2D eigenvalue weighted by Gasteiger charge is -2.22. The summed E-state index contributed by atoms with van der Waals surface area (Å²) in [5.74, 6) is -1.94. The highest BCUT2D eigenvalue weighted by molar-refractivity contribution is 7.10. The van der Waals surface area contributed by atoms with Gasteiger partial charge in [0.1, 0.15) is 11.5 Å². The maximum atomic E-state index is 13.6. The van der Waals surface area contributed by atoms with Gasteiger partial charge in [-0.2, -0.15) is 4.39 Å². The maximum absolute atomic E-state index is 13.6. The van der Waals surface area contributed by atoms with Crippen molar-refractivity contribution in [1.29, 1.82) is 0 Å². The second-order valence-electron chi connectivity index (χ2n) is 4.92. The molecule has 0 fully saturated rings. The van der Waals surface area contributed by atoms with Crippen LogP contribution in [-0.4, -0.2) is 4.92 Å². The Hall–Kier alpha value is -2.02. The topological polar surface area (TPSA) is 55.2 Å². The van der Waals surface area contributed by atoms with Crippen LogP contribution in [-0.2, 0) is 0 Å². The van der Waals surface area contributed by atoms with Crippen LogP contribution in [0.2, 0.25) is 0 Å². The summed E-state index contributed by atoms with van der Waals surface area (Å²) in [6.45, 7) is 3.86. The molecule has 2 aromatic rings. The fourth-order valence-corrected chi connectivity index (χ4v) is 3.01. The van der Waals surface area contributed by atoms with E-state index in [1.807, 2.05) is 31.4 Å². The van der Waals surface area contributed by atoms with Gasteiger partial charge >= 0.3 is 5.69 Å². The second kappa shape index (κ2) is 6.17. The summed E-state index contributed by atoms with van der Waals surface area (Å²) >= 11 is 1.48. The van der Waals surface area contributed by atoms with E-state index in [0.29, 0.717) is 6.07 Å². The number of nitrogens with one attached hydrogen (secondary N) is 1. The minimum Gasteiger partial charge on any atom is -0.371 e. The van der Waals surface area contributed by atoms with E-state index in [4.69, 9.17) is 0 Å². The molecule has 2 rings (SSSR count). The quantitative estimate of drug-likeness (QED) is 0.640. The third-order valence-corrected chi connectivity index (χ3v) is 3.99. The second-order valence-corrected chi connectivity index (χ2v) is 5.90. The molecular weight excluding hydrogens is 298 g/mol. The van der Waals surface area contributed by atoms with E-state index in [1.54, 1.807) is 0 Å². The number of rotatable bonds is 5.